The third-order valence-corrected chi connectivity index (χ3v) is 5.33. The van der Waals surface area contributed by atoms with E-state index in [9.17, 15) is 4.39 Å². The van der Waals surface area contributed by atoms with Gasteiger partial charge in [-0.1, -0.05) is 23.2 Å². The van der Waals surface area contributed by atoms with E-state index in [0.717, 1.165) is 23.7 Å². The summed E-state index contributed by atoms with van der Waals surface area (Å²) in [4.78, 5) is 0. The average Bonchev–Trinajstić information content (AvgIpc) is 3.14. The molecule has 4 rings (SSSR count). The van der Waals surface area contributed by atoms with Gasteiger partial charge < -0.3 is 10.3 Å². The van der Waals surface area contributed by atoms with Gasteiger partial charge in [-0.05, 0) is 49.3 Å². The molecule has 2 aliphatic carbocycles. The summed E-state index contributed by atoms with van der Waals surface area (Å²) in [5, 5.41) is 4.28. The third-order valence-electron chi connectivity index (χ3n) is 5.02. The normalized spacial score (nSPS) is 27.4. The lowest BCUT2D eigenvalue weighted by atomic mass is 9.84. The predicted molar refractivity (Wildman–Crippen MR) is 79.5 cm³/mol. The first-order chi connectivity index (χ1) is 10.1. The van der Waals surface area contributed by atoms with E-state index in [0.29, 0.717) is 28.2 Å². The van der Waals surface area contributed by atoms with Gasteiger partial charge in [0.15, 0.2) is 5.82 Å². The molecular weight excluding hydrogens is 291 g/mol. The number of nitrogens with zero attached hydrogens (tertiary/aromatic N) is 1. The highest BCUT2D eigenvalue weighted by Crippen LogP contribution is 2.55. The molecule has 2 aliphatic rings. The Morgan fingerprint density at radius 2 is 2.14 bits per heavy atom. The van der Waals surface area contributed by atoms with Crippen LogP contribution in [0.5, 0.6) is 0 Å². The van der Waals surface area contributed by atoms with E-state index < -0.39 is 0 Å². The lowest BCUT2D eigenvalue weighted by Crippen LogP contribution is -2.09. The standard InChI is InChI=1S/C16H16ClFN2O/c17-13-7-10(18)3-4-11(13)14-15(21-20-16(14)19)12-6-8-1-2-9(12)5-8/h3-4,7-9,12H,1-2,5-6H2,(H2,19,20). The molecule has 0 saturated heterocycles. The molecule has 1 heterocycles. The Kier molecular flexibility index (Phi) is 2.96. The van der Waals surface area contributed by atoms with Crippen LogP contribution in [0.15, 0.2) is 22.7 Å². The molecule has 0 amide bonds. The Morgan fingerprint density at radius 1 is 1.29 bits per heavy atom. The van der Waals surface area contributed by atoms with E-state index in [1.54, 1.807) is 6.07 Å². The van der Waals surface area contributed by atoms with Crippen LogP contribution in [0.2, 0.25) is 5.02 Å². The molecule has 3 atom stereocenters. The number of benzene rings is 1. The Bertz CT molecular complexity index is 700. The average molecular weight is 307 g/mol. The molecule has 2 fully saturated rings. The second-order valence-corrected chi connectivity index (χ2v) is 6.62. The molecule has 2 aromatic rings. The van der Waals surface area contributed by atoms with Crippen molar-refractivity contribution in [1.82, 2.24) is 5.16 Å². The van der Waals surface area contributed by atoms with E-state index in [1.807, 2.05) is 0 Å². The van der Waals surface area contributed by atoms with Gasteiger partial charge in [-0.15, -0.1) is 0 Å². The molecule has 5 heteroatoms. The van der Waals surface area contributed by atoms with Crippen molar-refractivity contribution in [3.63, 3.8) is 0 Å². The van der Waals surface area contributed by atoms with E-state index in [2.05, 4.69) is 5.16 Å². The maximum Gasteiger partial charge on any atom is 0.175 e. The van der Waals surface area contributed by atoms with Crippen LogP contribution >= 0.6 is 11.6 Å². The minimum atomic E-state index is -0.361. The van der Waals surface area contributed by atoms with Crippen LogP contribution in [-0.4, -0.2) is 5.16 Å². The number of aromatic nitrogens is 1. The molecule has 0 aliphatic heterocycles. The molecule has 0 spiro atoms. The number of rotatable bonds is 2. The summed E-state index contributed by atoms with van der Waals surface area (Å²) in [5.74, 6) is 2.61. The summed E-state index contributed by atoms with van der Waals surface area (Å²) in [6.07, 6.45) is 4.96. The molecule has 2 saturated carbocycles. The van der Waals surface area contributed by atoms with Crippen LogP contribution in [0, 0.1) is 17.7 Å². The SMILES string of the molecule is Nc1noc(C2CC3CCC2C3)c1-c1ccc(F)cc1Cl. The van der Waals surface area contributed by atoms with E-state index in [-0.39, 0.29) is 5.82 Å². The highest BCUT2D eigenvalue weighted by molar-refractivity contribution is 6.33. The molecule has 3 nitrogen and oxygen atoms in total. The lowest BCUT2D eigenvalue weighted by molar-refractivity contribution is 0.312. The van der Waals surface area contributed by atoms with Gasteiger partial charge in [0.1, 0.15) is 11.6 Å². The predicted octanol–water partition coefficient (Wildman–Crippen LogP) is 4.62. The zero-order valence-corrected chi connectivity index (χ0v) is 12.2. The van der Waals surface area contributed by atoms with Gasteiger partial charge in [0.2, 0.25) is 0 Å². The van der Waals surface area contributed by atoms with Crippen LogP contribution in [0.3, 0.4) is 0 Å². The lowest BCUT2D eigenvalue weighted by Gasteiger charge is -2.20. The zero-order chi connectivity index (χ0) is 14.6. The molecule has 2 N–H and O–H groups in total. The number of nitrogens with two attached hydrogens (primary N) is 1. The summed E-state index contributed by atoms with van der Waals surface area (Å²) in [6.45, 7) is 0. The van der Waals surface area contributed by atoms with Crippen molar-refractivity contribution in [2.45, 2.75) is 31.6 Å². The molecule has 2 bridgehead atoms. The fraction of sp³-hybridized carbons (Fsp3) is 0.438. The number of hydrogen-bond acceptors (Lipinski definition) is 3. The highest BCUT2D eigenvalue weighted by Gasteiger charge is 2.43. The fourth-order valence-electron chi connectivity index (χ4n) is 4.10. The van der Waals surface area contributed by atoms with Crippen molar-refractivity contribution in [2.24, 2.45) is 11.8 Å². The molecule has 3 unspecified atom stereocenters. The molecule has 21 heavy (non-hydrogen) atoms. The maximum absolute atomic E-state index is 13.3. The highest BCUT2D eigenvalue weighted by atomic mass is 35.5. The molecule has 110 valence electrons. The Hall–Kier alpha value is -1.55. The number of hydrogen-bond donors (Lipinski definition) is 1. The summed E-state index contributed by atoms with van der Waals surface area (Å²) in [6, 6.07) is 4.34. The van der Waals surface area contributed by atoms with Crippen LogP contribution < -0.4 is 5.73 Å². The molecule has 1 aromatic heterocycles. The largest absolute Gasteiger partial charge is 0.380 e. The Labute approximate surface area is 127 Å². The number of halogens is 2. The van der Waals surface area contributed by atoms with Crippen molar-refractivity contribution in [2.75, 3.05) is 5.73 Å². The summed E-state index contributed by atoms with van der Waals surface area (Å²) in [5.41, 5.74) is 7.44. The maximum atomic E-state index is 13.3. The zero-order valence-electron chi connectivity index (χ0n) is 11.5. The monoisotopic (exact) mass is 306 g/mol. The van der Waals surface area contributed by atoms with Gasteiger partial charge >= 0.3 is 0 Å². The first-order valence-electron chi connectivity index (χ1n) is 7.34. The van der Waals surface area contributed by atoms with E-state index in [1.165, 1.54) is 31.4 Å². The van der Waals surface area contributed by atoms with Gasteiger partial charge in [-0.2, -0.15) is 0 Å². The quantitative estimate of drug-likeness (QED) is 0.880. The molecule has 0 radical (unpaired) electrons. The van der Waals surface area contributed by atoms with Crippen molar-refractivity contribution in [1.29, 1.82) is 0 Å². The first-order valence-corrected chi connectivity index (χ1v) is 7.71. The topological polar surface area (TPSA) is 52.0 Å². The first kappa shape index (κ1) is 13.1. The minimum absolute atomic E-state index is 0.335. The van der Waals surface area contributed by atoms with Gasteiger partial charge in [0, 0.05) is 11.5 Å². The van der Waals surface area contributed by atoms with Crippen LogP contribution in [-0.2, 0) is 0 Å². The molecule has 1 aromatic carbocycles. The minimum Gasteiger partial charge on any atom is -0.380 e. The van der Waals surface area contributed by atoms with E-state index >= 15 is 0 Å². The second-order valence-electron chi connectivity index (χ2n) is 6.21. The summed E-state index contributed by atoms with van der Waals surface area (Å²) >= 11 is 6.19. The summed E-state index contributed by atoms with van der Waals surface area (Å²) in [7, 11) is 0. The van der Waals surface area contributed by atoms with Crippen LogP contribution in [0.1, 0.15) is 37.4 Å². The third kappa shape index (κ3) is 2.04. The van der Waals surface area contributed by atoms with Crippen molar-refractivity contribution >= 4 is 17.4 Å². The van der Waals surface area contributed by atoms with Gasteiger partial charge in [0.05, 0.1) is 10.6 Å². The van der Waals surface area contributed by atoms with Crippen LogP contribution in [0.4, 0.5) is 10.2 Å². The number of fused-ring (bicyclic) bond motifs is 2. The van der Waals surface area contributed by atoms with Gasteiger partial charge in [-0.3, -0.25) is 0 Å². The second kappa shape index (κ2) is 4.73. The smallest absolute Gasteiger partial charge is 0.175 e. The van der Waals surface area contributed by atoms with Gasteiger partial charge in [0.25, 0.3) is 0 Å². The van der Waals surface area contributed by atoms with Crippen LogP contribution in [0.25, 0.3) is 11.1 Å². The number of nitrogen functional groups attached to an aromatic ring is 1. The van der Waals surface area contributed by atoms with Crippen molar-refractivity contribution < 1.29 is 8.91 Å². The Balaban J connectivity index is 1.80. The number of anilines is 1. The summed E-state index contributed by atoms with van der Waals surface area (Å²) < 4.78 is 18.8. The fourth-order valence-corrected chi connectivity index (χ4v) is 4.36. The van der Waals surface area contributed by atoms with E-state index in [4.69, 9.17) is 21.9 Å². The molecular formula is C16H16ClFN2O. The van der Waals surface area contributed by atoms with Gasteiger partial charge in [-0.25, -0.2) is 4.39 Å². The van der Waals surface area contributed by atoms with Crippen molar-refractivity contribution in [3.8, 4) is 11.1 Å². The van der Waals surface area contributed by atoms with Crippen molar-refractivity contribution in [3.05, 3.63) is 34.8 Å². The Morgan fingerprint density at radius 3 is 2.81 bits per heavy atom.